The highest BCUT2D eigenvalue weighted by molar-refractivity contribution is 14.0. The van der Waals surface area contributed by atoms with Gasteiger partial charge in [0.05, 0.1) is 0 Å². The summed E-state index contributed by atoms with van der Waals surface area (Å²) >= 11 is 0. The van der Waals surface area contributed by atoms with Crippen LogP contribution in [0.15, 0.2) is 4.99 Å². The van der Waals surface area contributed by atoms with Gasteiger partial charge in [0.15, 0.2) is 5.96 Å². The number of halogens is 1. The zero-order valence-electron chi connectivity index (χ0n) is 19.0. The van der Waals surface area contributed by atoms with Crippen LogP contribution in [0.4, 0.5) is 0 Å². The molecule has 2 heterocycles. The molecule has 0 aromatic carbocycles. The van der Waals surface area contributed by atoms with E-state index in [9.17, 15) is 0 Å². The monoisotopic (exact) mass is 524 g/mol. The molecule has 1 atom stereocenters. The molecule has 172 valence electrons. The van der Waals surface area contributed by atoms with Crippen molar-refractivity contribution in [3.63, 3.8) is 0 Å². The standard InChI is InChI=1S/C22H44N4O2.HI/c1-4-20(5-2)21(26-12-6-7-13-26)17-25-22(23-3)24-11-8-14-28-18-19-9-15-27-16-10-19;/h19-21H,4-18H2,1-3H3,(H2,23,24,25);1H. The average molecular weight is 525 g/mol. The van der Waals surface area contributed by atoms with E-state index < -0.39 is 0 Å². The summed E-state index contributed by atoms with van der Waals surface area (Å²) in [5, 5.41) is 7.03. The van der Waals surface area contributed by atoms with E-state index in [0.717, 1.165) is 70.7 Å². The number of guanidine groups is 1. The third-order valence-corrected chi connectivity index (χ3v) is 6.36. The molecule has 2 aliphatic heterocycles. The fourth-order valence-electron chi connectivity index (χ4n) is 4.47. The number of aliphatic imine (C=N–C) groups is 1. The summed E-state index contributed by atoms with van der Waals surface area (Å²) in [6, 6.07) is 0.610. The maximum atomic E-state index is 5.85. The van der Waals surface area contributed by atoms with E-state index in [0.29, 0.717) is 12.0 Å². The molecule has 2 saturated heterocycles. The van der Waals surface area contributed by atoms with Crippen LogP contribution >= 0.6 is 24.0 Å². The zero-order chi connectivity index (χ0) is 20.0. The van der Waals surface area contributed by atoms with Crippen molar-refractivity contribution in [2.24, 2.45) is 16.8 Å². The van der Waals surface area contributed by atoms with Crippen LogP contribution in [-0.2, 0) is 9.47 Å². The first kappa shape index (κ1) is 26.9. The minimum absolute atomic E-state index is 0. The summed E-state index contributed by atoms with van der Waals surface area (Å²) in [5.74, 6) is 2.35. The molecule has 0 aromatic heterocycles. The van der Waals surface area contributed by atoms with Crippen LogP contribution in [0.2, 0.25) is 0 Å². The largest absolute Gasteiger partial charge is 0.381 e. The first-order valence-electron chi connectivity index (χ1n) is 11.6. The second-order valence-corrected chi connectivity index (χ2v) is 8.25. The third-order valence-electron chi connectivity index (χ3n) is 6.36. The fraction of sp³-hybridized carbons (Fsp3) is 0.955. The van der Waals surface area contributed by atoms with Crippen molar-refractivity contribution in [1.29, 1.82) is 0 Å². The van der Waals surface area contributed by atoms with E-state index in [1.165, 1.54) is 38.8 Å². The van der Waals surface area contributed by atoms with Gasteiger partial charge in [-0.3, -0.25) is 9.89 Å². The molecular weight excluding hydrogens is 479 g/mol. The van der Waals surface area contributed by atoms with Crippen LogP contribution in [0.25, 0.3) is 0 Å². The van der Waals surface area contributed by atoms with Crippen LogP contribution in [0.5, 0.6) is 0 Å². The van der Waals surface area contributed by atoms with E-state index in [2.05, 4.69) is 34.4 Å². The summed E-state index contributed by atoms with van der Waals surface area (Å²) in [7, 11) is 1.86. The van der Waals surface area contributed by atoms with Crippen molar-refractivity contribution < 1.29 is 9.47 Å². The van der Waals surface area contributed by atoms with Crippen LogP contribution < -0.4 is 10.6 Å². The van der Waals surface area contributed by atoms with E-state index >= 15 is 0 Å². The Labute approximate surface area is 196 Å². The molecule has 2 N–H and O–H groups in total. The van der Waals surface area contributed by atoms with Crippen molar-refractivity contribution in [2.45, 2.75) is 64.8 Å². The number of nitrogens with zero attached hydrogens (tertiary/aromatic N) is 2. The van der Waals surface area contributed by atoms with Gasteiger partial charge in [-0.05, 0) is 57.0 Å². The van der Waals surface area contributed by atoms with Crippen LogP contribution in [-0.4, -0.2) is 76.6 Å². The predicted molar refractivity (Wildman–Crippen MR) is 132 cm³/mol. The van der Waals surface area contributed by atoms with Gasteiger partial charge in [0.1, 0.15) is 0 Å². The first-order chi connectivity index (χ1) is 13.8. The smallest absolute Gasteiger partial charge is 0.191 e. The molecule has 7 heteroatoms. The summed E-state index contributed by atoms with van der Waals surface area (Å²) in [6.07, 6.45) is 8.47. The molecule has 0 amide bonds. The molecule has 0 aliphatic carbocycles. The van der Waals surface area contributed by atoms with Gasteiger partial charge < -0.3 is 20.1 Å². The zero-order valence-corrected chi connectivity index (χ0v) is 21.3. The number of rotatable bonds is 12. The van der Waals surface area contributed by atoms with Gasteiger partial charge in [0.25, 0.3) is 0 Å². The molecule has 0 radical (unpaired) electrons. The van der Waals surface area contributed by atoms with Gasteiger partial charge in [-0.15, -0.1) is 24.0 Å². The van der Waals surface area contributed by atoms with E-state index in [-0.39, 0.29) is 24.0 Å². The summed E-state index contributed by atoms with van der Waals surface area (Å²) < 4.78 is 11.2. The average Bonchev–Trinajstić information content (AvgIpc) is 3.27. The molecule has 2 rings (SSSR count). The summed E-state index contributed by atoms with van der Waals surface area (Å²) in [4.78, 5) is 7.09. The second-order valence-electron chi connectivity index (χ2n) is 8.25. The van der Waals surface area contributed by atoms with Crippen molar-refractivity contribution in [1.82, 2.24) is 15.5 Å². The number of ether oxygens (including phenoxy) is 2. The normalized spacial score (nSPS) is 19.9. The van der Waals surface area contributed by atoms with Gasteiger partial charge in [-0.25, -0.2) is 0 Å². The van der Waals surface area contributed by atoms with Crippen LogP contribution in [0.3, 0.4) is 0 Å². The Bertz CT molecular complexity index is 421. The minimum atomic E-state index is 0. The second kappa shape index (κ2) is 16.6. The molecule has 0 saturated carbocycles. The molecule has 0 bridgehead atoms. The lowest BCUT2D eigenvalue weighted by Crippen LogP contribution is -2.49. The summed E-state index contributed by atoms with van der Waals surface area (Å²) in [6.45, 7) is 12.5. The fourth-order valence-corrected chi connectivity index (χ4v) is 4.47. The van der Waals surface area contributed by atoms with Crippen LogP contribution in [0, 0.1) is 11.8 Å². The van der Waals surface area contributed by atoms with Gasteiger partial charge in [-0.2, -0.15) is 0 Å². The maximum absolute atomic E-state index is 5.85. The molecular formula is C22H45IN4O2. The van der Waals surface area contributed by atoms with Gasteiger partial charge in [-0.1, -0.05) is 26.7 Å². The molecule has 6 nitrogen and oxygen atoms in total. The lowest BCUT2D eigenvalue weighted by molar-refractivity contribution is 0.0203. The molecule has 0 spiro atoms. The lowest BCUT2D eigenvalue weighted by atomic mass is 9.93. The van der Waals surface area contributed by atoms with Crippen molar-refractivity contribution in [3.8, 4) is 0 Å². The first-order valence-corrected chi connectivity index (χ1v) is 11.6. The third kappa shape index (κ3) is 10.2. The quantitative estimate of drug-likeness (QED) is 0.177. The number of hydrogen-bond acceptors (Lipinski definition) is 4. The van der Waals surface area contributed by atoms with E-state index in [1.807, 2.05) is 7.05 Å². The molecule has 1 unspecified atom stereocenters. The van der Waals surface area contributed by atoms with E-state index in [4.69, 9.17) is 9.47 Å². The van der Waals surface area contributed by atoms with Gasteiger partial charge in [0, 0.05) is 52.6 Å². The minimum Gasteiger partial charge on any atom is -0.381 e. The highest BCUT2D eigenvalue weighted by atomic mass is 127. The predicted octanol–water partition coefficient (Wildman–Crippen LogP) is 3.50. The Hall–Kier alpha value is -0.120. The van der Waals surface area contributed by atoms with Gasteiger partial charge >= 0.3 is 0 Å². The van der Waals surface area contributed by atoms with Crippen molar-refractivity contribution in [2.75, 3.05) is 59.7 Å². The van der Waals surface area contributed by atoms with Crippen molar-refractivity contribution in [3.05, 3.63) is 0 Å². The van der Waals surface area contributed by atoms with Crippen LogP contribution in [0.1, 0.15) is 58.8 Å². The van der Waals surface area contributed by atoms with Crippen molar-refractivity contribution >= 4 is 29.9 Å². The Kier molecular flexibility index (Phi) is 15.4. The Balaban J connectivity index is 0.00000420. The molecule has 29 heavy (non-hydrogen) atoms. The Morgan fingerprint density at radius 1 is 1.14 bits per heavy atom. The topological polar surface area (TPSA) is 58.1 Å². The number of likely N-dealkylation sites (tertiary alicyclic amines) is 1. The SMILES string of the molecule is CCC(CC)C(CNC(=NC)NCCCOCC1CCOCC1)N1CCCC1.I. The highest BCUT2D eigenvalue weighted by Crippen LogP contribution is 2.22. The number of hydrogen-bond donors (Lipinski definition) is 2. The molecule has 2 fully saturated rings. The molecule has 2 aliphatic rings. The highest BCUT2D eigenvalue weighted by Gasteiger charge is 2.27. The summed E-state index contributed by atoms with van der Waals surface area (Å²) in [5.41, 5.74) is 0. The Morgan fingerprint density at radius 2 is 1.83 bits per heavy atom. The lowest BCUT2D eigenvalue weighted by Gasteiger charge is -2.34. The maximum Gasteiger partial charge on any atom is 0.191 e. The number of nitrogens with one attached hydrogen (secondary N) is 2. The van der Waals surface area contributed by atoms with Gasteiger partial charge in [0.2, 0.25) is 0 Å². The Morgan fingerprint density at radius 3 is 2.45 bits per heavy atom. The van der Waals surface area contributed by atoms with E-state index in [1.54, 1.807) is 0 Å². The molecule has 0 aromatic rings.